The third-order valence-corrected chi connectivity index (χ3v) is 7.42. The molecule has 6 heteroatoms. The first-order valence-corrected chi connectivity index (χ1v) is 13.3. The number of hydrogen-bond acceptors (Lipinski definition) is 3. The Balaban J connectivity index is 0.00000108. The number of nitrogens with two attached hydrogens (primary N) is 1. The van der Waals surface area contributed by atoms with E-state index in [0.717, 1.165) is 12.0 Å². The van der Waals surface area contributed by atoms with Gasteiger partial charge >= 0.3 is 124 Å². The molecule has 0 atom stereocenters. The van der Waals surface area contributed by atoms with Crippen molar-refractivity contribution < 1.29 is 26.7 Å². The van der Waals surface area contributed by atoms with E-state index in [9.17, 15) is 4.79 Å². The normalized spacial score (nSPS) is 9.30. The van der Waals surface area contributed by atoms with E-state index in [2.05, 4.69) is 31.8 Å². The average molecular weight is 407 g/mol. The number of rotatable bonds is 10. The van der Waals surface area contributed by atoms with Crippen LogP contribution in [0, 0.1) is 0 Å². The van der Waals surface area contributed by atoms with Crippen LogP contribution >= 0.6 is 24.8 Å². The molecule has 0 heterocycles. The van der Waals surface area contributed by atoms with Crippen LogP contribution in [-0.2, 0) is 33.3 Å². The zero-order valence-corrected chi connectivity index (χ0v) is 18.7. The molecule has 23 heavy (non-hydrogen) atoms. The number of ether oxygens (including phenoxy) is 1. The molecule has 0 fully saturated rings. The van der Waals surface area contributed by atoms with Crippen LogP contribution in [-0.4, -0.2) is 10.3 Å². The number of benzene rings is 1. The molecule has 2 N–H and O–H groups in total. The van der Waals surface area contributed by atoms with Crippen molar-refractivity contribution in [3.8, 4) is 0 Å². The molecular formula is C17H27NO2S2Zn. The number of carbonyl (C=O) groups is 1. The van der Waals surface area contributed by atoms with Gasteiger partial charge in [-0.2, -0.15) is 0 Å². The van der Waals surface area contributed by atoms with Gasteiger partial charge in [0.15, 0.2) is 0 Å². The predicted octanol–water partition coefficient (Wildman–Crippen LogP) is 4.78. The molecular weight excluding hydrogens is 380 g/mol. The molecule has 1 rings (SSSR count). The second-order valence-electron chi connectivity index (χ2n) is 5.36. The molecule has 0 bridgehead atoms. The second-order valence-corrected chi connectivity index (χ2v) is 11.0. The smallest absolute Gasteiger partial charge is 0.128 e. The molecule has 0 amide bonds. The molecule has 0 aliphatic carbocycles. The summed E-state index contributed by atoms with van der Waals surface area (Å²) in [5, 5.41) is 2.95. The van der Waals surface area contributed by atoms with Gasteiger partial charge in [0.1, 0.15) is 4.32 Å². The molecule has 126 valence electrons. The first-order chi connectivity index (χ1) is 11.1. The molecule has 1 aromatic rings. The van der Waals surface area contributed by atoms with E-state index in [-0.39, 0.29) is 27.4 Å². The fourth-order valence-corrected chi connectivity index (χ4v) is 6.05. The second kappa shape index (κ2) is 16.4. The van der Waals surface area contributed by atoms with Gasteiger partial charge in [-0.15, -0.1) is 12.6 Å². The van der Waals surface area contributed by atoms with E-state index < -0.39 is 0 Å². The maximum absolute atomic E-state index is 11.5. The fourth-order valence-electron chi connectivity index (χ4n) is 2.04. The van der Waals surface area contributed by atoms with E-state index in [1.807, 2.05) is 30.3 Å². The minimum absolute atomic E-state index is 0.0510. The van der Waals surface area contributed by atoms with E-state index in [4.69, 9.17) is 10.5 Å². The molecule has 1 aromatic carbocycles. The first-order valence-electron chi connectivity index (χ1n) is 8.24. The number of hydrogen-bond donors (Lipinski definition) is 2. The van der Waals surface area contributed by atoms with Gasteiger partial charge in [-0.25, -0.2) is 0 Å². The van der Waals surface area contributed by atoms with Gasteiger partial charge in [0.2, 0.25) is 0 Å². The van der Waals surface area contributed by atoms with Gasteiger partial charge in [0.05, 0.1) is 0 Å². The van der Waals surface area contributed by atoms with Gasteiger partial charge in [-0.1, -0.05) is 12.2 Å². The largest absolute Gasteiger partial charge is 0.385 e. The van der Waals surface area contributed by atoms with Gasteiger partial charge in [0, 0.05) is 0 Å². The maximum Gasteiger partial charge on any atom is 0.128 e. The van der Waals surface area contributed by atoms with Gasteiger partial charge in [-0.05, 0) is 0 Å². The van der Waals surface area contributed by atoms with Crippen LogP contribution < -0.4 is 5.73 Å². The van der Waals surface area contributed by atoms with Gasteiger partial charge in [0.25, 0.3) is 0 Å². The molecule has 0 spiro atoms. The third kappa shape index (κ3) is 17.7. The number of carbonyl (C=O) groups excluding carboxylic acids is 1. The molecule has 0 saturated carbocycles. The van der Waals surface area contributed by atoms with Crippen LogP contribution in [0.25, 0.3) is 0 Å². The van der Waals surface area contributed by atoms with Crippen molar-refractivity contribution in [3.05, 3.63) is 35.9 Å². The number of thiol groups is 1. The minimum atomic E-state index is -0.252. The predicted molar refractivity (Wildman–Crippen MR) is 100 cm³/mol. The minimum Gasteiger partial charge on any atom is -0.385 e. The Morgan fingerprint density at radius 2 is 1.83 bits per heavy atom. The summed E-state index contributed by atoms with van der Waals surface area (Å²) in [7, 11) is 0. The standard InChI is InChI=1S/C12H15O2.C4H9.CH3NS2.Zn/c1-2-3-9-12(13)14-10-11-7-5-4-6-8-11;1-3-4-2;2-1(3)4;/h4-8H,1-3,9-10H2;1,3-4H2,2H3;(H3,2,3,4);. The Kier molecular flexibility index (Phi) is 16.1. The number of thiocarbonyl (C=S) groups is 1. The Morgan fingerprint density at radius 1 is 1.22 bits per heavy atom. The summed E-state index contributed by atoms with van der Waals surface area (Å²) in [4.78, 5) is 11.5. The monoisotopic (exact) mass is 405 g/mol. The summed E-state index contributed by atoms with van der Waals surface area (Å²) in [5.74, 6) is -0.0510. The van der Waals surface area contributed by atoms with Crippen molar-refractivity contribution in [3.63, 3.8) is 0 Å². The molecule has 0 saturated heterocycles. The zero-order valence-electron chi connectivity index (χ0n) is 14.0. The number of unbranched alkanes of at least 4 members (excludes halogenated alkanes) is 2. The van der Waals surface area contributed by atoms with Crippen LogP contribution in [0.2, 0.25) is 10.0 Å². The van der Waals surface area contributed by atoms with E-state index in [0.29, 0.717) is 13.0 Å². The third-order valence-electron chi connectivity index (χ3n) is 3.23. The molecule has 0 radical (unpaired) electrons. The Bertz CT molecular complexity index is 426. The quantitative estimate of drug-likeness (QED) is 0.193. The molecule has 0 aromatic heterocycles. The van der Waals surface area contributed by atoms with Crippen molar-refractivity contribution in [2.45, 2.75) is 55.7 Å². The summed E-state index contributed by atoms with van der Waals surface area (Å²) in [5.41, 5.74) is 5.77. The van der Waals surface area contributed by atoms with Crippen molar-refractivity contribution >= 4 is 35.1 Å². The maximum atomic E-state index is 11.5. The average Bonchev–Trinajstić information content (AvgIpc) is 2.52. The summed E-state index contributed by atoms with van der Waals surface area (Å²) in [6.07, 6.45) is 5.56. The van der Waals surface area contributed by atoms with Crippen molar-refractivity contribution in [2.75, 3.05) is 0 Å². The van der Waals surface area contributed by atoms with Crippen molar-refractivity contribution in [1.82, 2.24) is 0 Å². The van der Waals surface area contributed by atoms with Crippen LogP contribution in [0.15, 0.2) is 30.3 Å². The number of esters is 1. The summed E-state index contributed by atoms with van der Waals surface area (Å²) in [6, 6.07) is 9.86. The summed E-state index contributed by atoms with van der Waals surface area (Å²) < 4.78 is 5.44. The van der Waals surface area contributed by atoms with E-state index >= 15 is 0 Å². The van der Waals surface area contributed by atoms with Gasteiger partial charge in [-0.3, -0.25) is 0 Å². The van der Waals surface area contributed by atoms with E-state index in [1.165, 1.54) is 29.3 Å². The first kappa shape index (κ1) is 22.6. The van der Waals surface area contributed by atoms with Gasteiger partial charge < -0.3 is 5.73 Å². The molecule has 0 aliphatic rings. The molecule has 0 aliphatic heterocycles. The fraction of sp³-hybridized carbons (Fsp3) is 0.529. The van der Waals surface area contributed by atoms with Crippen LogP contribution in [0.5, 0.6) is 0 Å². The van der Waals surface area contributed by atoms with E-state index in [1.54, 1.807) is 0 Å². The van der Waals surface area contributed by atoms with Crippen molar-refractivity contribution in [2.24, 2.45) is 5.73 Å². The Labute approximate surface area is 158 Å². The molecule has 0 unspecified atom stereocenters. The van der Waals surface area contributed by atoms with Crippen molar-refractivity contribution in [1.29, 1.82) is 0 Å². The zero-order chi connectivity index (χ0) is 17.3. The summed E-state index contributed by atoms with van der Waals surface area (Å²) in [6.45, 7) is 2.67. The molecule has 3 nitrogen and oxygen atoms in total. The topological polar surface area (TPSA) is 52.3 Å². The van der Waals surface area contributed by atoms with Crippen LogP contribution in [0.3, 0.4) is 0 Å². The Morgan fingerprint density at radius 3 is 2.43 bits per heavy atom. The SMILES string of the molecule is CCC[CH2][Zn][CH2]CCCC(=O)OCc1ccccc1.NC(=S)S. The van der Waals surface area contributed by atoms with Crippen LogP contribution in [0.4, 0.5) is 0 Å². The summed E-state index contributed by atoms with van der Waals surface area (Å²) >= 11 is 7.40. The van der Waals surface area contributed by atoms with Crippen LogP contribution in [0.1, 0.15) is 44.6 Å². The Hall–Kier alpha value is -0.447.